The molecule has 1 N–H and O–H groups in total. The molecule has 0 aromatic heterocycles. The fourth-order valence-electron chi connectivity index (χ4n) is 2.48. The van der Waals surface area contributed by atoms with Crippen LogP contribution in [0.5, 0.6) is 5.75 Å². The number of aliphatic hydroxyl groups excluding tert-OH is 1. The van der Waals surface area contributed by atoms with Crippen LogP contribution >= 0.6 is 0 Å². The van der Waals surface area contributed by atoms with Gasteiger partial charge in [-0.05, 0) is 24.1 Å². The van der Waals surface area contributed by atoms with E-state index in [1.54, 1.807) is 0 Å². The van der Waals surface area contributed by atoms with Crippen molar-refractivity contribution in [2.75, 3.05) is 45.9 Å². The van der Waals surface area contributed by atoms with Gasteiger partial charge in [0.2, 0.25) is 0 Å². The van der Waals surface area contributed by atoms with Crippen molar-refractivity contribution in [2.24, 2.45) is 5.92 Å². The third-order valence-corrected chi connectivity index (χ3v) is 3.74. The molecular formula is C17H26N2O3. The van der Waals surface area contributed by atoms with Gasteiger partial charge in [-0.25, -0.2) is 0 Å². The van der Waals surface area contributed by atoms with E-state index in [0.717, 1.165) is 18.8 Å². The van der Waals surface area contributed by atoms with Gasteiger partial charge in [0.1, 0.15) is 5.75 Å². The maximum Gasteiger partial charge on any atom is 0.254 e. The van der Waals surface area contributed by atoms with E-state index >= 15 is 0 Å². The lowest BCUT2D eigenvalue weighted by molar-refractivity contribution is 0.0614. The van der Waals surface area contributed by atoms with E-state index in [1.807, 2.05) is 29.2 Å². The number of nitrogens with zero attached hydrogens (tertiary/aromatic N) is 2. The van der Waals surface area contributed by atoms with Gasteiger partial charge in [-0.2, -0.15) is 0 Å². The predicted molar refractivity (Wildman–Crippen MR) is 86.2 cm³/mol. The van der Waals surface area contributed by atoms with Crippen LogP contribution in [-0.4, -0.2) is 66.8 Å². The molecule has 1 aliphatic heterocycles. The maximum atomic E-state index is 12.6. The van der Waals surface area contributed by atoms with Gasteiger partial charge in [-0.3, -0.25) is 9.69 Å². The Labute approximate surface area is 132 Å². The smallest absolute Gasteiger partial charge is 0.254 e. The number of rotatable bonds is 6. The minimum absolute atomic E-state index is 0.0543. The second-order valence-corrected chi connectivity index (χ2v) is 6.09. The SMILES string of the molecule is CC(C)COc1cccc(C(=O)N2CCN(CCO)CC2)c1. The summed E-state index contributed by atoms with van der Waals surface area (Å²) in [5.74, 6) is 1.26. The predicted octanol–water partition coefficient (Wildman–Crippen LogP) is 1.47. The van der Waals surface area contributed by atoms with E-state index in [-0.39, 0.29) is 12.5 Å². The Hall–Kier alpha value is -1.59. The standard InChI is InChI=1S/C17H26N2O3/c1-14(2)13-22-16-5-3-4-15(12-16)17(21)19-8-6-18(7-9-19)10-11-20/h3-5,12,14,20H,6-11,13H2,1-2H3. The van der Waals surface area contributed by atoms with Crippen molar-refractivity contribution in [3.8, 4) is 5.75 Å². The van der Waals surface area contributed by atoms with Crippen LogP contribution in [0.2, 0.25) is 0 Å². The van der Waals surface area contributed by atoms with Gasteiger partial charge in [0.15, 0.2) is 0 Å². The first-order valence-electron chi connectivity index (χ1n) is 7.95. The highest BCUT2D eigenvalue weighted by atomic mass is 16.5. The van der Waals surface area contributed by atoms with Gasteiger partial charge >= 0.3 is 0 Å². The Balaban J connectivity index is 1.94. The molecule has 0 radical (unpaired) electrons. The van der Waals surface area contributed by atoms with Gasteiger partial charge in [0.25, 0.3) is 5.91 Å². The zero-order chi connectivity index (χ0) is 15.9. The Morgan fingerprint density at radius 3 is 2.64 bits per heavy atom. The lowest BCUT2D eigenvalue weighted by Gasteiger charge is -2.34. The fourth-order valence-corrected chi connectivity index (χ4v) is 2.48. The van der Waals surface area contributed by atoms with Crippen molar-refractivity contribution in [1.29, 1.82) is 0 Å². The van der Waals surface area contributed by atoms with E-state index in [2.05, 4.69) is 18.7 Å². The third-order valence-electron chi connectivity index (χ3n) is 3.74. The minimum Gasteiger partial charge on any atom is -0.493 e. The zero-order valence-corrected chi connectivity index (χ0v) is 13.5. The molecule has 1 fully saturated rings. The van der Waals surface area contributed by atoms with Crippen LogP contribution in [-0.2, 0) is 0 Å². The lowest BCUT2D eigenvalue weighted by atomic mass is 10.1. The largest absolute Gasteiger partial charge is 0.493 e. The monoisotopic (exact) mass is 306 g/mol. The van der Waals surface area contributed by atoms with Gasteiger partial charge in [-0.15, -0.1) is 0 Å². The summed E-state index contributed by atoms with van der Waals surface area (Å²) in [6.45, 7) is 8.74. The second-order valence-electron chi connectivity index (χ2n) is 6.09. The molecule has 0 atom stereocenters. The summed E-state index contributed by atoms with van der Waals surface area (Å²) in [4.78, 5) is 16.6. The summed E-state index contributed by atoms with van der Waals surface area (Å²) in [7, 11) is 0. The van der Waals surface area contributed by atoms with E-state index < -0.39 is 0 Å². The summed E-state index contributed by atoms with van der Waals surface area (Å²) in [5.41, 5.74) is 0.678. The minimum atomic E-state index is 0.0543. The average molecular weight is 306 g/mol. The van der Waals surface area contributed by atoms with Crippen LogP contribution in [0.4, 0.5) is 0 Å². The normalized spacial score (nSPS) is 16.1. The van der Waals surface area contributed by atoms with Crippen LogP contribution < -0.4 is 4.74 Å². The maximum absolute atomic E-state index is 12.6. The lowest BCUT2D eigenvalue weighted by Crippen LogP contribution is -2.49. The highest BCUT2D eigenvalue weighted by molar-refractivity contribution is 5.94. The molecule has 1 aromatic carbocycles. The van der Waals surface area contributed by atoms with Crippen molar-refractivity contribution in [3.63, 3.8) is 0 Å². The van der Waals surface area contributed by atoms with Gasteiger partial charge in [0.05, 0.1) is 13.2 Å². The quantitative estimate of drug-likeness (QED) is 0.865. The number of β-amino-alcohol motifs (C(OH)–C–C–N with tert-alkyl or cyclic N) is 1. The molecule has 5 heteroatoms. The van der Waals surface area contributed by atoms with Crippen molar-refractivity contribution in [3.05, 3.63) is 29.8 Å². The van der Waals surface area contributed by atoms with E-state index in [4.69, 9.17) is 9.84 Å². The first-order valence-corrected chi connectivity index (χ1v) is 7.95. The molecule has 0 unspecified atom stereocenters. The molecule has 2 rings (SSSR count). The molecule has 122 valence electrons. The molecule has 1 saturated heterocycles. The van der Waals surface area contributed by atoms with Gasteiger partial charge in [0, 0.05) is 38.3 Å². The molecule has 1 aliphatic rings. The zero-order valence-electron chi connectivity index (χ0n) is 13.5. The molecule has 0 spiro atoms. The molecule has 22 heavy (non-hydrogen) atoms. The summed E-state index contributed by atoms with van der Waals surface area (Å²) >= 11 is 0. The van der Waals surface area contributed by atoms with E-state index in [1.165, 1.54) is 0 Å². The van der Waals surface area contributed by atoms with Gasteiger partial charge in [-0.1, -0.05) is 19.9 Å². The summed E-state index contributed by atoms with van der Waals surface area (Å²) in [6.07, 6.45) is 0. The molecule has 0 aliphatic carbocycles. The Morgan fingerprint density at radius 1 is 1.27 bits per heavy atom. The van der Waals surface area contributed by atoms with Gasteiger partial charge < -0.3 is 14.7 Å². The first-order chi connectivity index (χ1) is 10.6. The molecule has 1 amide bonds. The van der Waals surface area contributed by atoms with Crippen LogP contribution in [0.25, 0.3) is 0 Å². The van der Waals surface area contributed by atoms with Crippen LogP contribution in [0.1, 0.15) is 24.2 Å². The molecule has 5 nitrogen and oxygen atoms in total. The van der Waals surface area contributed by atoms with E-state index in [9.17, 15) is 4.79 Å². The number of piperazine rings is 1. The number of carbonyl (C=O) groups excluding carboxylic acids is 1. The Kier molecular flexibility index (Phi) is 6.21. The van der Waals surface area contributed by atoms with Crippen molar-refractivity contribution in [2.45, 2.75) is 13.8 Å². The fraction of sp³-hybridized carbons (Fsp3) is 0.588. The van der Waals surface area contributed by atoms with E-state index in [0.29, 0.717) is 37.7 Å². The number of benzene rings is 1. The summed E-state index contributed by atoms with van der Waals surface area (Å²) in [6, 6.07) is 7.42. The molecule has 1 heterocycles. The number of aliphatic hydroxyl groups is 1. The van der Waals surface area contributed by atoms with Crippen LogP contribution in [0.3, 0.4) is 0 Å². The molecule has 1 aromatic rings. The summed E-state index contributed by atoms with van der Waals surface area (Å²) in [5, 5.41) is 8.96. The molecule has 0 saturated carbocycles. The Bertz CT molecular complexity index is 483. The first kappa shape index (κ1) is 16.8. The van der Waals surface area contributed by atoms with Crippen molar-refractivity contribution in [1.82, 2.24) is 9.80 Å². The number of amides is 1. The number of ether oxygens (including phenoxy) is 1. The highest BCUT2D eigenvalue weighted by Gasteiger charge is 2.22. The highest BCUT2D eigenvalue weighted by Crippen LogP contribution is 2.16. The molecular weight excluding hydrogens is 280 g/mol. The van der Waals surface area contributed by atoms with Crippen molar-refractivity contribution >= 4 is 5.91 Å². The second kappa shape index (κ2) is 8.15. The molecule has 0 bridgehead atoms. The third kappa shape index (κ3) is 4.71. The summed E-state index contributed by atoms with van der Waals surface area (Å²) < 4.78 is 5.69. The number of hydrogen-bond donors (Lipinski definition) is 1. The topological polar surface area (TPSA) is 53.0 Å². The van der Waals surface area contributed by atoms with Crippen molar-refractivity contribution < 1.29 is 14.6 Å². The van der Waals surface area contributed by atoms with Crippen LogP contribution in [0, 0.1) is 5.92 Å². The Morgan fingerprint density at radius 2 is 2.00 bits per heavy atom. The average Bonchev–Trinajstić information content (AvgIpc) is 2.53. The number of carbonyl (C=O) groups is 1. The number of hydrogen-bond acceptors (Lipinski definition) is 4. The van der Waals surface area contributed by atoms with Crippen LogP contribution in [0.15, 0.2) is 24.3 Å².